The first kappa shape index (κ1) is 8.78. The van der Waals surface area contributed by atoms with Crippen LogP contribution in [0.1, 0.15) is 25.1 Å². The largest absolute Gasteiger partial charge is 0.275 e. The molecule has 0 aliphatic heterocycles. The summed E-state index contributed by atoms with van der Waals surface area (Å²) in [5.74, 6) is 0. The summed E-state index contributed by atoms with van der Waals surface area (Å²) in [5, 5.41) is 4.24. The lowest BCUT2D eigenvalue weighted by molar-refractivity contribution is 0.764. The molecule has 0 spiro atoms. The van der Waals surface area contributed by atoms with Crippen LogP contribution >= 0.6 is 0 Å². The summed E-state index contributed by atoms with van der Waals surface area (Å²) in [4.78, 5) is 0. The molecule has 1 heterocycles. The highest BCUT2D eigenvalue weighted by molar-refractivity contribution is 5.62. The third kappa shape index (κ3) is 1.84. The van der Waals surface area contributed by atoms with Gasteiger partial charge < -0.3 is 0 Å². The second-order valence-electron chi connectivity index (χ2n) is 3.07. The Labute approximate surface area is 73.2 Å². The number of hydrogen-bond acceptors (Lipinski definition) is 1. The molecule has 12 heavy (non-hydrogen) atoms. The third-order valence-corrected chi connectivity index (χ3v) is 1.52. The van der Waals surface area contributed by atoms with Gasteiger partial charge in [0.05, 0.1) is 5.69 Å². The minimum atomic E-state index is 0.943. The van der Waals surface area contributed by atoms with Gasteiger partial charge in [-0.2, -0.15) is 5.10 Å². The van der Waals surface area contributed by atoms with E-state index in [9.17, 15) is 0 Å². The van der Waals surface area contributed by atoms with Gasteiger partial charge in [-0.25, -0.2) is 0 Å². The highest BCUT2D eigenvalue weighted by Gasteiger charge is 1.99. The summed E-state index contributed by atoms with van der Waals surface area (Å²) >= 11 is 0. The van der Waals surface area contributed by atoms with Gasteiger partial charge >= 0.3 is 0 Å². The van der Waals surface area contributed by atoms with E-state index in [4.69, 9.17) is 0 Å². The Hall–Kier alpha value is -1.31. The van der Waals surface area contributed by atoms with Crippen molar-refractivity contribution in [2.75, 3.05) is 0 Å². The number of hydrogen-bond donors (Lipinski definition) is 0. The third-order valence-electron chi connectivity index (χ3n) is 1.52. The standard InChI is InChI=1S/C10H14N2/c1-5-10-9(6-8(2)3)7-12(4)11-10/h5-7H,1H2,2-4H3. The van der Waals surface area contributed by atoms with E-state index in [2.05, 4.69) is 31.6 Å². The zero-order valence-corrected chi connectivity index (χ0v) is 7.83. The second-order valence-corrected chi connectivity index (χ2v) is 3.07. The number of rotatable bonds is 2. The second kappa shape index (κ2) is 3.39. The zero-order valence-electron chi connectivity index (χ0n) is 7.83. The van der Waals surface area contributed by atoms with E-state index in [1.807, 2.05) is 13.2 Å². The van der Waals surface area contributed by atoms with Crippen molar-refractivity contribution in [2.24, 2.45) is 7.05 Å². The predicted molar refractivity (Wildman–Crippen MR) is 52.6 cm³/mol. The van der Waals surface area contributed by atoms with Crippen molar-refractivity contribution in [2.45, 2.75) is 13.8 Å². The van der Waals surface area contributed by atoms with Crippen LogP contribution in [0.3, 0.4) is 0 Å². The average molecular weight is 162 g/mol. The topological polar surface area (TPSA) is 17.8 Å². The molecule has 0 aromatic carbocycles. The quantitative estimate of drug-likeness (QED) is 0.653. The molecule has 0 amide bonds. The van der Waals surface area contributed by atoms with Crippen LogP contribution in [0.4, 0.5) is 0 Å². The van der Waals surface area contributed by atoms with Crippen molar-refractivity contribution in [1.82, 2.24) is 9.78 Å². The van der Waals surface area contributed by atoms with Gasteiger partial charge in [-0.1, -0.05) is 18.2 Å². The molecule has 0 aliphatic carbocycles. The van der Waals surface area contributed by atoms with Gasteiger partial charge in [-0.3, -0.25) is 4.68 Å². The van der Waals surface area contributed by atoms with Crippen LogP contribution in [0.25, 0.3) is 12.2 Å². The lowest BCUT2D eigenvalue weighted by Gasteiger charge is -1.89. The fourth-order valence-electron chi connectivity index (χ4n) is 1.10. The summed E-state index contributed by atoms with van der Waals surface area (Å²) in [6.45, 7) is 7.85. The van der Waals surface area contributed by atoms with Crippen LogP contribution in [-0.4, -0.2) is 9.78 Å². The van der Waals surface area contributed by atoms with Crippen molar-refractivity contribution in [3.05, 3.63) is 29.6 Å². The maximum atomic E-state index is 4.24. The van der Waals surface area contributed by atoms with Crippen molar-refractivity contribution >= 4 is 12.2 Å². The predicted octanol–water partition coefficient (Wildman–Crippen LogP) is 2.49. The minimum Gasteiger partial charge on any atom is -0.275 e. The van der Waals surface area contributed by atoms with Crippen LogP contribution in [-0.2, 0) is 7.05 Å². The van der Waals surface area contributed by atoms with E-state index in [1.165, 1.54) is 5.57 Å². The molecule has 0 N–H and O–H groups in total. The first-order chi connectivity index (χ1) is 5.63. The Morgan fingerprint density at radius 3 is 2.75 bits per heavy atom. The Morgan fingerprint density at radius 2 is 2.25 bits per heavy atom. The van der Waals surface area contributed by atoms with Gasteiger partial charge in [-0.15, -0.1) is 0 Å². The zero-order chi connectivity index (χ0) is 9.14. The van der Waals surface area contributed by atoms with Gasteiger partial charge in [0.1, 0.15) is 0 Å². The molecule has 0 saturated heterocycles. The Morgan fingerprint density at radius 1 is 1.58 bits per heavy atom. The van der Waals surface area contributed by atoms with Gasteiger partial charge in [0.25, 0.3) is 0 Å². The molecule has 0 fully saturated rings. The molecule has 0 bridgehead atoms. The molecule has 2 heteroatoms. The normalized spacial score (nSPS) is 9.58. The summed E-state index contributed by atoms with van der Waals surface area (Å²) in [6.07, 6.45) is 5.86. The molecule has 0 saturated carbocycles. The van der Waals surface area contributed by atoms with Crippen molar-refractivity contribution in [3.63, 3.8) is 0 Å². The van der Waals surface area contributed by atoms with Crippen LogP contribution < -0.4 is 0 Å². The van der Waals surface area contributed by atoms with E-state index >= 15 is 0 Å². The van der Waals surface area contributed by atoms with E-state index in [1.54, 1.807) is 10.8 Å². The van der Waals surface area contributed by atoms with Crippen LogP contribution in [0, 0.1) is 0 Å². The molecular formula is C10H14N2. The smallest absolute Gasteiger partial charge is 0.0917 e. The SMILES string of the molecule is C=Cc1nn(C)cc1C=C(C)C. The average Bonchev–Trinajstić information content (AvgIpc) is 2.29. The van der Waals surface area contributed by atoms with Gasteiger partial charge in [0.2, 0.25) is 0 Å². The molecule has 0 radical (unpaired) electrons. The number of allylic oxidation sites excluding steroid dienone is 1. The summed E-state index contributed by atoms with van der Waals surface area (Å²) in [5.41, 5.74) is 3.34. The number of nitrogens with zero attached hydrogens (tertiary/aromatic N) is 2. The number of aromatic nitrogens is 2. The maximum absolute atomic E-state index is 4.24. The molecule has 1 aromatic heterocycles. The minimum absolute atomic E-state index is 0.943. The molecule has 0 aliphatic rings. The van der Waals surface area contributed by atoms with Crippen molar-refractivity contribution in [1.29, 1.82) is 0 Å². The van der Waals surface area contributed by atoms with Gasteiger partial charge in [0, 0.05) is 18.8 Å². The van der Waals surface area contributed by atoms with E-state index in [0.29, 0.717) is 0 Å². The maximum Gasteiger partial charge on any atom is 0.0917 e. The van der Waals surface area contributed by atoms with E-state index in [-0.39, 0.29) is 0 Å². The molecule has 0 atom stereocenters. The molecule has 64 valence electrons. The summed E-state index contributed by atoms with van der Waals surface area (Å²) in [6, 6.07) is 0. The fourth-order valence-corrected chi connectivity index (χ4v) is 1.10. The lowest BCUT2D eigenvalue weighted by Crippen LogP contribution is -1.86. The Kier molecular flexibility index (Phi) is 2.48. The molecule has 2 nitrogen and oxygen atoms in total. The van der Waals surface area contributed by atoms with E-state index < -0.39 is 0 Å². The lowest BCUT2D eigenvalue weighted by atomic mass is 10.2. The monoisotopic (exact) mass is 162 g/mol. The molecular weight excluding hydrogens is 148 g/mol. The molecule has 1 aromatic rings. The van der Waals surface area contributed by atoms with Gasteiger partial charge in [0.15, 0.2) is 0 Å². The van der Waals surface area contributed by atoms with Crippen LogP contribution in [0.5, 0.6) is 0 Å². The highest BCUT2D eigenvalue weighted by atomic mass is 15.2. The first-order valence-corrected chi connectivity index (χ1v) is 3.94. The fraction of sp³-hybridized carbons (Fsp3) is 0.300. The van der Waals surface area contributed by atoms with Crippen molar-refractivity contribution < 1.29 is 0 Å². The summed E-state index contributed by atoms with van der Waals surface area (Å²) < 4.78 is 1.80. The summed E-state index contributed by atoms with van der Waals surface area (Å²) in [7, 11) is 1.91. The van der Waals surface area contributed by atoms with Crippen LogP contribution in [0.15, 0.2) is 18.3 Å². The van der Waals surface area contributed by atoms with E-state index in [0.717, 1.165) is 11.3 Å². The van der Waals surface area contributed by atoms with Crippen LogP contribution in [0.2, 0.25) is 0 Å². The van der Waals surface area contributed by atoms with Crippen molar-refractivity contribution in [3.8, 4) is 0 Å². The highest BCUT2D eigenvalue weighted by Crippen LogP contribution is 2.11. The molecule has 0 unspecified atom stereocenters. The first-order valence-electron chi connectivity index (χ1n) is 3.94. The molecule has 1 rings (SSSR count). The Bertz CT molecular complexity index is 315. The van der Waals surface area contributed by atoms with Gasteiger partial charge in [-0.05, 0) is 19.9 Å². The Balaban J connectivity index is 3.13. The number of aryl methyl sites for hydroxylation is 1.